The van der Waals surface area contributed by atoms with Crippen molar-refractivity contribution in [3.05, 3.63) is 63.5 Å². The average molecular weight is 385 g/mol. The summed E-state index contributed by atoms with van der Waals surface area (Å²) >= 11 is 0. The minimum atomic E-state index is -0.455. The van der Waals surface area contributed by atoms with E-state index in [1.54, 1.807) is 19.1 Å². The Balaban J connectivity index is 1.77. The first-order chi connectivity index (χ1) is 13.4. The molecule has 1 aliphatic rings. The molecule has 0 bridgehead atoms. The number of carbonyl (C=O) groups is 1. The summed E-state index contributed by atoms with van der Waals surface area (Å²) < 4.78 is 2.08. The van der Waals surface area contributed by atoms with Crippen LogP contribution >= 0.6 is 0 Å². The van der Waals surface area contributed by atoms with Crippen LogP contribution in [0, 0.1) is 17.0 Å². The largest absolute Gasteiger partial charge is 0.353 e. The fourth-order valence-electron chi connectivity index (χ4n) is 3.73. The van der Waals surface area contributed by atoms with E-state index in [4.69, 9.17) is 0 Å². The molecule has 1 aromatic heterocycles. The molecular weight excluding hydrogens is 358 g/mol. The van der Waals surface area contributed by atoms with Crippen LogP contribution in [0.1, 0.15) is 27.7 Å². The van der Waals surface area contributed by atoms with Crippen molar-refractivity contribution in [2.75, 3.05) is 39.8 Å². The molecule has 1 aromatic carbocycles. The van der Waals surface area contributed by atoms with Gasteiger partial charge in [0.2, 0.25) is 0 Å². The van der Waals surface area contributed by atoms with Crippen LogP contribution < -0.4 is 5.32 Å². The van der Waals surface area contributed by atoms with Gasteiger partial charge in [-0.15, -0.1) is 0 Å². The lowest BCUT2D eigenvalue weighted by molar-refractivity contribution is -0.385. The number of nitro benzene ring substituents is 1. The second-order valence-corrected chi connectivity index (χ2v) is 7.32. The molecule has 1 unspecified atom stereocenters. The molecule has 1 aliphatic heterocycles. The van der Waals surface area contributed by atoms with E-state index in [2.05, 4.69) is 32.8 Å². The van der Waals surface area contributed by atoms with Gasteiger partial charge >= 0.3 is 0 Å². The summed E-state index contributed by atoms with van der Waals surface area (Å²) in [5.41, 5.74) is 1.84. The van der Waals surface area contributed by atoms with Gasteiger partial charge in [0.25, 0.3) is 11.6 Å². The molecule has 0 spiro atoms. The maximum absolute atomic E-state index is 12.8. The smallest absolute Gasteiger partial charge is 0.273 e. The second kappa shape index (κ2) is 8.53. The number of benzene rings is 1. The maximum Gasteiger partial charge on any atom is 0.273 e. The molecule has 28 heavy (non-hydrogen) atoms. The Labute approximate surface area is 164 Å². The number of hydrogen-bond acceptors (Lipinski definition) is 5. The first kappa shape index (κ1) is 20.0. The monoisotopic (exact) mass is 385 g/mol. The van der Waals surface area contributed by atoms with Gasteiger partial charge in [-0.05, 0) is 32.2 Å². The number of nitro groups is 1. The zero-order chi connectivity index (χ0) is 20.3. The third-order valence-electron chi connectivity index (χ3n) is 5.51. The normalized spacial score (nSPS) is 16.7. The molecule has 1 atom stereocenters. The highest BCUT2D eigenvalue weighted by molar-refractivity contribution is 5.96. The fourth-order valence-corrected chi connectivity index (χ4v) is 3.73. The van der Waals surface area contributed by atoms with Gasteiger partial charge in [-0.25, -0.2) is 0 Å². The summed E-state index contributed by atoms with van der Waals surface area (Å²) in [5.74, 6) is -0.283. The minimum absolute atomic E-state index is 0.0364. The Kier molecular flexibility index (Phi) is 6.11. The molecule has 150 valence electrons. The Hall–Kier alpha value is -2.71. The molecule has 2 aromatic rings. The molecule has 3 rings (SSSR count). The van der Waals surface area contributed by atoms with Crippen molar-refractivity contribution in [2.45, 2.75) is 13.0 Å². The molecule has 1 saturated heterocycles. The highest BCUT2D eigenvalue weighted by Crippen LogP contribution is 2.23. The molecule has 0 saturated carbocycles. The van der Waals surface area contributed by atoms with E-state index in [1.807, 2.05) is 19.3 Å². The molecule has 1 N–H and O–H groups in total. The van der Waals surface area contributed by atoms with Crippen LogP contribution in [0.4, 0.5) is 5.69 Å². The highest BCUT2D eigenvalue weighted by Gasteiger charge is 2.26. The number of hydrogen-bond donors (Lipinski definition) is 1. The standard InChI is InChI=1S/C20H27N5O3/c1-15-16(6-4-7-17(15)25(27)28)20(26)21-14-19(18-8-5-9-23(18)3)24-12-10-22(2)11-13-24/h4-9,19H,10-14H2,1-3H3,(H,21,26). The molecule has 8 nitrogen and oxygen atoms in total. The Morgan fingerprint density at radius 3 is 2.50 bits per heavy atom. The Morgan fingerprint density at radius 2 is 1.89 bits per heavy atom. The average Bonchev–Trinajstić information content (AvgIpc) is 3.09. The predicted molar refractivity (Wildman–Crippen MR) is 107 cm³/mol. The number of nitrogens with zero attached hydrogens (tertiary/aromatic N) is 4. The van der Waals surface area contributed by atoms with E-state index in [1.165, 1.54) is 6.07 Å². The number of nitrogens with one attached hydrogen (secondary N) is 1. The van der Waals surface area contributed by atoms with Crippen molar-refractivity contribution in [1.29, 1.82) is 0 Å². The molecule has 0 radical (unpaired) electrons. The first-order valence-electron chi connectivity index (χ1n) is 9.44. The minimum Gasteiger partial charge on any atom is -0.353 e. The molecule has 2 heterocycles. The number of carbonyl (C=O) groups excluding carboxylic acids is 1. The molecule has 8 heteroatoms. The number of rotatable bonds is 6. The van der Waals surface area contributed by atoms with E-state index in [-0.39, 0.29) is 17.6 Å². The highest BCUT2D eigenvalue weighted by atomic mass is 16.6. The topological polar surface area (TPSA) is 83.7 Å². The van der Waals surface area contributed by atoms with Gasteiger partial charge in [0, 0.05) is 68.9 Å². The number of amides is 1. The van der Waals surface area contributed by atoms with Gasteiger partial charge in [-0.2, -0.15) is 0 Å². The van der Waals surface area contributed by atoms with E-state index in [9.17, 15) is 14.9 Å². The van der Waals surface area contributed by atoms with Crippen molar-refractivity contribution in [3.63, 3.8) is 0 Å². The van der Waals surface area contributed by atoms with Crippen LogP contribution in [-0.2, 0) is 7.05 Å². The molecule has 1 fully saturated rings. The van der Waals surface area contributed by atoms with E-state index < -0.39 is 4.92 Å². The lowest BCUT2D eigenvalue weighted by Crippen LogP contribution is -2.49. The third kappa shape index (κ3) is 4.23. The second-order valence-electron chi connectivity index (χ2n) is 7.32. The zero-order valence-corrected chi connectivity index (χ0v) is 16.6. The van der Waals surface area contributed by atoms with Gasteiger partial charge in [-0.3, -0.25) is 19.8 Å². The van der Waals surface area contributed by atoms with E-state index in [0.717, 1.165) is 31.9 Å². The predicted octanol–water partition coefficient (Wildman–Crippen LogP) is 1.96. The van der Waals surface area contributed by atoms with Crippen molar-refractivity contribution >= 4 is 11.6 Å². The van der Waals surface area contributed by atoms with Crippen LogP contribution in [-0.4, -0.2) is 65.0 Å². The number of aromatic nitrogens is 1. The van der Waals surface area contributed by atoms with E-state index >= 15 is 0 Å². The summed E-state index contributed by atoms with van der Waals surface area (Å²) in [6.07, 6.45) is 2.00. The van der Waals surface area contributed by atoms with Crippen LogP contribution in [0.2, 0.25) is 0 Å². The number of aryl methyl sites for hydroxylation is 1. The summed E-state index contributed by atoms with van der Waals surface area (Å²) in [6, 6.07) is 8.74. The van der Waals surface area contributed by atoms with Crippen LogP contribution in [0.25, 0.3) is 0 Å². The Bertz CT molecular complexity index is 855. The van der Waals surface area contributed by atoms with Gasteiger partial charge in [0.05, 0.1) is 11.0 Å². The van der Waals surface area contributed by atoms with Gasteiger partial charge < -0.3 is 14.8 Å². The first-order valence-corrected chi connectivity index (χ1v) is 9.44. The summed E-state index contributed by atoms with van der Waals surface area (Å²) in [7, 11) is 4.12. The fraction of sp³-hybridized carbons (Fsp3) is 0.450. The van der Waals surface area contributed by atoms with Crippen LogP contribution in [0.5, 0.6) is 0 Å². The van der Waals surface area contributed by atoms with Gasteiger partial charge in [0.15, 0.2) is 0 Å². The van der Waals surface area contributed by atoms with Gasteiger partial charge in [-0.1, -0.05) is 6.07 Å². The summed E-state index contributed by atoms with van der Waals surface area (Å²) in [5, 5.41) is 14.1. The molecule has 0 aliphatic carbocycles. The summed E-state index contributed by atoms with van der Waals surface area (Å²) in [6.45, 7) is 5.89. The maximum atomic E-state index is 12.8. The van der Waals surface area contributed by atoms with Gasteiger partial charge in [0.1, 0.15) is 0 Å². The SMILES string of the molecule is Cc1c(C(=O)NCC(c2cccn2C)N2CCN(C)CC2)cccc1[N+](=O)[O-]. The number of likely N-dealkylation sites (N-methyl/N-ethyl adjacent to an activating group) is 1. The summed E-state index contributed by atoms with van der Waals surface area (Å²) in [4.78, 5) is 28.1. The van der Waals surface area contributed by atoms with Crippen molar-refractivity contribution in [3.8, 4) is 0 Å². The van der Waals surface area contributed by atoms with Crippen molar-refractivity contribution in [1.82, 2.24) is 19.7 Å². The van der Waals surface area contributed by atoms with Crippen LogP contribution in [0.15, 0.2) is 36.5 Å². The zero-order valence-electron chi connectivity index (χ0n) is 16.6. The van der Waals surface area contributed by atoms with E-state index in [0.29, 0.717) is 17.7 Å². The Morgan fingerprint density at radius 1 is 1.18 bits per heavy atom. The lowest BCUT2D eigenvalue weighted by atomic mass is 10.1. The molecular formula is C20H27N5O3. The van der Waals surface area contributed by atoms with Crippen molar-refractivity contribution in [2.24, 2.45) is 7.05 Å². The molecule has 1 amide bonds. The van der Waals surface area contributed by atoms with Crippen molar-refractivity contribution < 1.29 is 9.72 Å². The lowest BCUT2D eigenvalue weighted by Gasteiger charge is -2.38. The quantitative estimate of drug-likeness (QED) is 0.607. The van der Waals surface area contributed by atoms with Crippen LogP contribution in [0.3, 0.4) is 0 Å². The third-order valence-corrected chi connectivity index (χ3v) is 5.51. The number of piperazine rings is 1.